The lowest BCUT2D eigenvalue weighted by atomic mass is 9.87. The van der Waals surface area contributed by atoms with Gasteiger partial charge in [0, 0.05) is 17.6 Å². The van der Waals surface area contributed by atoms with Gasteiger partial charge in [-0.2, -0.15) is 5.10 Å². The van der Waals surface area contributed by atoms with E-state index in [1.807, 2.05) is 37.3 Å². The van der Waals surface area contributed by atoms with Crippen LogP contribution in [0.15, 0.2) is 73.2 Å². The van der Waals surface area contributed by atoms with Crippen LogP contribution in [0, 0.1) is 0 Å². The molecule has 0 fully saturated rings. The molecule has 0 spiro atoms. The van der Waals surface area contributed by atoms with Crippen LogP contribution in [-0.4, -0.2) is 46.5 Å². The van der Waals surface area contributed by atoms with Gasteiger partial charge in [0.05, 0.1) is 44.4 Å². The van der Waals surface area contributed by atoms with Gasteiger partial charge in [-0.15, -0.1) is 0 Å². The molecule has 2 aromatic carbocycles. The Hall–Kier alpha value is -5.12. The Balaban J connectivity index is 1.37. The maximum atomic E-state index is 13.5. The third kappa shape index (κ3) is 5.83. The molecule has 0 aliphatic carbocycles. The maximum Gasteiger partial charge on any atom is 0.279 e. The van der Waals surface area contributed by atoms with Gasteiger partial charge in [0.2, 0.25) is 0 Å². The van der Waals surface area contributed by atoms with E-state index in [1.165, 1.54) is 11.8 Å². The van der Waals surface area contributed by atoms with Crippen LogP contribution in [0.5, 0.6) is 28.7 Å². The third-order valence-electron chi connectivity index (χ3n) is 6.64. The van der Waals surface area contributed by atoms with E-state index in [-0.39, 0.29) is 11.1 Å². The van der Waals surface area contributed by atoms with Crippen molar-refractivity contribution in [2.75, 3.05) is 26.1 Å². The number of fused-ring (bicyclic) bond motifs is 1. The van der Waals surface area contributed by atoms with Gasteiger partial charge in [-0.05, 0) is 54.3 Å². The topological polar surface area (TPSA) is 110 Å². The monoisotopic (exact) mass is 567 g/mol. The lowest BCUT2D eigenvalue weighted by Gasteiger charge is -2.19. The van der Waals surface area contributed by atoms with Crippen LogP contribution in [0.3, 0.4) is 0 Å². The van der Waals surface area contributed by atoms with Crippen molar-refractivity contribution in [3.63, 3.8) is 0 Å². The van der Waals surface area contributed by atoms with Crippen LogP contribution < -0.4 is 24.3 Å². The highest BCUT2D eigenvalue weighted by Gasteiger charge is 2.22. The molecule has 10 nitrogen and oxygen atoms in total. The van der Waals surface area contributed by atoms with Gasteiger partial charge in [0.15, 0.2) is 22.9 Å². The summed E-state index contributed by atoms with van der Waals surface area (Å²) in [6.45, 7) is 8.70. The van der Waals surface area contributed by atoms with Crippen molar-refractivity contribution in [2.24, 2.45) is 0 Å². The second-order valence-electron chi connectivity index (χ2n) is 10.5. The van der Waals surface area contributed by atoms with Crippen molar-refractivity contribution < 1.29 is 23.7 Å². The molecule has 1 N–H and O–H groups in total. The number of carbonyl (C=O) groups excluding carboxylic acids is 1. The summed E-state index contributed by atoms with van der Waals surface area (Å²) in [4.78, 5) is 22.3. The summed E-state index contributed by atoms with van der Waals surface area (Å²) in [5.74, 6) is 2.51. The number of hydrogen-bond donors (Lipinski definition) is 1. The van der Waals surface area contributed by atoms with E-state index in [0.717, 1.165) is 11.1 Å². The molecule has 0 unspecified atom stereocenters. The van der Waals surface area contributed by atoms with E-state index in [4.69, 9.17) is 18.9 Å². The molecule has 1 amide bonds. The van der Waals surface area contributed by atoms with Crippen LogP contribution in [0.25, 0.3) is 16.6 Å². The molecular weight excluding hydrogens is 534 g/mol. The van der Waals surface area contributed by atoms with Crippen LogP contribution in [0.2, 0.25) is 0 Å². The number of rotatable bonds is 9. The lowest BCUT2D eigenvalue weighted by molar-refractivity contribution is 0.101. The zero-order chi connectivity index (χ0) is 29.9. The van der Waals surface area contributed by atoms with Crippen molar-refractivity contribution in [1.82, 2.24) is 19.7 Å². The minimum Gasteiger partial charge on any atom is -0.493 e. The number of pyridine rings is 2. The van der Waals surface area contributed by atoms with Crippen molar-refractivity contribution in [1.29, 1.82) is 0 Å². The first kappa shape index (κ1) is 28.4. The van der Waals surface area contributed by atoms with Gasteiger partial charge in [-0.3, -0.25) is 9.78 Å². The predicted molar refractivity (Wildman–Crippen MR) is 161 cm³/mol. The van der Waals surface area contributed by atoms with Crippen LogP contribution >= 0.6 is 0 Å². The van der Waals surface area contributed by atoms with E-state index in [2.05, 4.69) is 41.2 Å². The number of amides is 1. The maximum absolute atomic E-state index is 13.5. The van der Waals surface area contributed by atoms with Crippen molar-refractivity contribution in [3.8, 4) is 34.4 Å². The van der Waals surface area contributed by atoms with E-state index >= 15 is 0 Å². The third-order valence-corrected chi connectivity index (χ3v) is 6.64. The highest BCUT2D eigenvalue weighted by Crippen LogP contribution is 2.37. The average Bonchev–Trinajstić information content (AvgIpc) is 3.41. The summed E-state index contributed by atoms with van der Waals surface area (Å²) in [6, 6.07) is 16.7. The summed E-state index contributed by atoms with van der Waals surface area (Å²) in [7, 11) is 3.15. The SMILES string of the molecule is CCOc1cnn(-c2ccc(C(C)(C)C)cc2)c1C(=O)Nc1ccc(Oc2ccnc3cc(OC)c(OC)cc23)cn1. The standard InChI is InChI=1S/C32H33N5O5/c1-7-41-28-19-35-37(21-10-8-20(9-11-21)32(2,3)4)30(28)31(38)36-29-13-12-22(18-34-29)42-25-14-15-33-24-17-27(40-6)26(39-5)16-23(24)25/h8-19H,7H2,1-6H3,(H,34,36,38). The van der Waals surface area contributed by atoms with E-state index in [0.29, 0.717) is 46.7 Å². The molecule has 42 heavy (non-hydrogen) atoms. The fourth-order valence-corrected chi connectivity index (χ4v) is 4.45. The summed E-state index contributed by atoms with van der Waals surface area (Å²) in [5, 5.41) is 8.04. The Kier molecular flexibility index (Phi) is 7.97. The zero-order valence-corrected chi connectivity index (χ0v) is 24.5. The number of hydrogen-bond acceptors (Lipinski definition) is 8. The van der Waals surface area contributed by atoms with Crippen LogP contribution in [0.4, 0.5) is 5.82 Å². The fraction of sp³-hybridized carbons (Fsp3) is 0.250. The second kappa shape index (κ2) is 11.8. The molecule has 0 aliphatic rings. The first-order valence-corrected chi connectivity index (χ1v) is 13.5. The Bertz CT molecular complexity index is 1710. The van der Waals surface area contributed by atoms with Gasteiger partial charge in [0.1, 0.15) is 17.3 Å². The highest BCUT2D eigenvalue weighted by molar-refractivity contribution is 6.04. The Morgan fingerprint density at radius 2 is 1.62 bits per heavy atom. The Morgan fingerprint density at radius 3 is 2.26 bits per heavy atom. The van der Waals surface area contributed by atoms with Gasteiger partial charge in [-0.25, -0.2) is 9.67 Å². The molecule has 216 valence electrons. The molecular formula is C32H33N5O5. The van der Waals surface area contributed by atoms with Gasteiger partial charge < -0.3 is 24.3 Å². The largest absolute Gasteiger partial charge is 0.493 e. The molecule has 0 radical (unpaired) electrons. The average molecular weight is 568 g/mol. The number of aromatic nitrogens is 4. The van der Waals surface area contributed by atoms with Gasteiger partial charge >= 0.3 is 0 Å². The minimum atomic E-state index is -0.404. The number of carbonyl (C=O) groups is 1. The molecule has 3 aromatic heterocycles. The molecule has 0 aliphatic heterocycles. The molecule has 0 saturated heterocycles. The van der Waals surface area contributed by atoms with Gasteiger partial charge in [-0.1, -0.05) is 32.9 Å². The quantitative estimate of drug-likeness (QED) is 0.213. The first-order chi connectivity index (χ1) is 20.2. The Morgan fingerprint density at radius 1 is 0.881 bits per heavy atom. The second-order valence-corrected chi connectivity index (χ2v) is 10.5. The number of nitrogens with one attached hydrogen (secondary N) is 1. The van der Waals surface area contributed by atoms with Crippen molar-refractivity contribution >= 4 is 22.6 Å². The van der Waals surface area contributed by atoms with E-state index < -0.39 is 5.91 Å². The molecule has 10 heteroatoms. The Labute approximate surface area is 244 Å². The number of nitrogens with zero attached hydrogens (tertiary/aromatic N) is 4. The number of benzene rings is 2. The molecule has 0 atom stereocenters. The van der Waals surface area contributed by atoms with E-state index in [1.54, 1.807) is 55.6 Å². The normalized spacial score (nSPS) is 11.3. The van der Waals surface area contributed by atoms with Crippen molar-refractivity contribution in [2.45, 2.75) is 33.1 Å². The summed E-state index contributed by atoms with van der Waals surface area (Å²) in [6.07, 6.45) is 4.74. The fourth-order valence-electron chi connectivity index (χ4n) is 4.45. The zero-order valence-electron chi connectivity index (χ0n) is 24.5. The molecule has 0 saturated carbocycles. The van der Waals surface area contributed by atoms with Crippen molar-refractivity contribution in [3.05, 3.63) is 84.4 Å². The molecule has 3 heterocycles. The number of anilines is 1. The number of methoxy groups -OCH3 is 2. The van der Waals surface area contributed by atoms with Crippen LogP contribution in [-0.2, 0) is 5.41 Å². The predicted octanol–water partition coefficient (Wildman–Crippen LogP) is 6.57. The molecule has 0 bridgehead atoms. The summed E-state index contributed by atoms with van der Waals surface area (Å²) in [5.41, 5.74) is 2.90. The minimum absolute atomic E-state index is 0.00574. The molecule has 5 aromatic rings. The summed E-state index contributed by atoms with van der Waals surface area (Å²) >= 11 is 0. The molecule has 5 rings (SSSR count). The number of ether oxygens (including phenoxy) is 4. The first-order valence-electron chi connectivity index (χ1n) is 13.5. The van der Waals surface area contributed by atoms with Gasteiger partial charge in [0.25, 0.3) is 5.91 Å². The smallest absolute Gasteiger partial charge is 0.279 e. The lowest BCUT2D eigenvalue weighted by Crippen LogP contribution is -2.19. The highest BCUT2D eigenvalue weighted by atomic mass is 16.5. The summed E-state index contributed by atoms with van der Waals surface area (Å²) < 4.78 is 24.2. The van der Waals surface area contributed by atoms with E-state index in [9.17, 15) is 4.79 Å². The van der Waals surface area contributed by atoms with Crippen LogP contribution in [0.1, 0.15) is 43.7 Å².